The Kier molecular flexibility index (Phi) is 4.89. The van der Waals surface area contributed by atoms with Gasteiger partial charge < -0.3 is 0 Å². The van der Waals surface area contributed by atoms with Crippen molar-refractivity contribution in [2.75, 3.05) is 5.75 Å². The molecule has 0 saturated carbocycles. The molecule has 1 aromatic rings. The van der Waals surface area contributed by atoms with Crippen molar-refractivity contribution in [3.63, 3.8) is 0 Å². The number of carbonyl (C=O) groups excluding carboxylic acids is 1. The van der Waals surface area contributed by atoms with Gasteiger partial charge in [-0.1, -0.05) is 29.8 Å². The molecule has 0 radical (unpaired) electrons. The van der Waals surface area contributed by atoms with E-state index >= 15 is 0 Å². The Hall–Kier alpha value is -0.680. The van der Waals surface area contributed by atoms with Crippen molar-refractivity contribution < 1.29 is 13.2 Å². The van der Waals surface area contributed by atoms with Gasteiger partial charge in [-0.15, -0.1) is 0 Å². The van der Waals surface area contributed by atoms with Crippen molar-refractivity contribution >= 4 is 31.6 Å². The van der Waals surface area contributed by atoms with Crippen LogP contribution in [-0.4, -0.2) is 20.0 Å². The minimum atomic E-state index is -3.13. The smallest absolute Gasteiger partial charge is 0.162 e. The summed E-state index contributed by atoms with van der Waals surface area (Å²) in [5.41, 5.74) is 1.08. The standard InChI is InChI=1S/C12H15BrO3S/c1-3-12(14)11-6-5-10(13)7-9(11)8-17(15,16)4-2/h5-7H,3-4,8H2,1-2H3. The fraction of sp³-hybridized carbons (Fsp3) is 0.417. The van der Waals surface area contributed by atoms with Gasteiger partial charge in [-0.25, -0.2) is 8.42 Å². The van der Waals surface area contributed by atoms with Crippen molar-refractivity contribution in [3.05, 3.63) is 33.8 Å². The maximum atomic E-state index is 11.7. The molecule has 0 aromatic heterocycles. The van der Waals surface area contributed by atoms with E-state index in [2.05, 4.69) is 15.9 Å². The van der Waals surface area contributed by atoms with Crippen LogP contribution in [0.3, 0.4) is 0 Å². The molecule has 0 unspecified atom stereocenters. The SMILES string of the molecule is CCC(=O)c1ccc(Br)cc1CS(=O)(=O)CC. The van der Waals surface area contributed by atoms with Gasteiger partial charge in [-0.2, -0.15) is 0 Å². The second-order valence-corrected chi connectivity index (χ2v) is 7.02. The van der Waals surface area contributed by atoms with Crippen molar-refractivity contribution in [1.82, 2.24) is 0 Å². The van der Waals surface area contributed by atoms with Crippen LogP contribution in [0.4, 0.5) is 0 Å². The number of hydrogen-bond donors (Lipinski definition) is 0. The second-order valence-electron chi connectivity index (χ2n) is 3.75. The number of benzene rings is 1. The molecule has 0 heterocycles. The molecule has 0 fully saturated rings. The predicted molar refractivity (Wildman–Crippen MR) is 71.9 cm³/mol. The summed E-state index contributed by atoms with van der Waals surface area (Å²) in [7, 11) is -3.13. The van der Waals surface area contributed by atoms with E-state index in [9.17, 15) is 13.2 Å². The van der Waals surface area contributed by atoms with Crippen LogP contribution in [0.15, 0.2) is 22.7 Å². The van der Waals surface area contributed by atoms with Gasteiger partial charge in [0.2, 0.25) is 0 Å². The third-order valence-electron chi connectivity index (χ3n) is 2.50. The number of ketones is 1. The molecule has 0 amide bonds. The van der Waals surface area contributed by atoms with E-state index in [1.165, 1.54) is 0 Å². The summed E-state index contributed by atoms with van der Waals surface area (Å²) in [6.45, 7) is 3.37. The third kappa shape index (κ3) is 3.92. The summed E-state index contributed by atoms with van der Waals surface area (Å²) in [5.74, 6) is -0.0256. The Labute approximate surface area is 110 Å². The zero-order valence-electron chi connectivity index (χ0n) is 9.86. The Morgan fingerprint density at radius 1 is 1.29 bits per heavy atom. The monoisotopic (exact) mass is 318 g/mol. The Bertz CT molecular complexity index is 521. The summed E-state index contributed by atoms with van der Waals surface area (Å²) in [5, 5.41) is 0. The summed E-state index contributed by atoms with van der Waals surface area (Å²) in [6, 6.07) is 5.14. The molecule has 0 N–H and O–H groups in total. The Morgan fingerprint density at radius 2 is 1.94 bits per heavy atom. The lowest BCUT2D eigenvalue weighted by molar-refractivity contribution is 0.0987. The van der Waals surface area contributed by atoms with E-state index in [4.69, 9.17) is 0 Å². The molecule has 0 aliphatic rings. The van der Waals surface area contributed by atoms with Crippen LogP contribution in [0, 0.1) is 0 Å². The van der Waals surface area contributed by atoms with E-state index in [0.717, 1.165) is 4.47 Å². The molecule has 0 aliphatic heterocycles. The summed E-state index contributed by atoms with van der Waals surface area (Å²) >= 11 is 3.29. The van der Waals surface area contributed by atoms with Gasteiger partial charge in [-0.3, -0.25) is 4.79 Å². The molecule has 1 aromatic carbocycles. The van der Waals surface area contributed by atoms with Crippen molar-refractivity contribution in [3.8, 4) is 0 Å². The molecule has 0 atom stereocenters. The van der Waals surface area contributed by atoms with Gasteiger partial charge in [0.05, 0.1) is 5.75 Å². The van der Waals surface area contributed by atoms with E-state index in [1.54, 1.807) is 32.0 Å². The maximum absolute atomic E-state index is 11.7. The first-order valence-corrected chi connectivity index (χ1v) is 8.03. The average Bonchev–Trinajstić information content (AvgIpc) is 2.28. The molecule has 3 nitrogen and oxygen atoms in total. The number of carbonyl (C=O) groups is 1. The zero-order valence-corrected chi connectivity index (χ0v) is 12.3. The molecule has 0 aliphatic carbocycles. The highest BCUT2D eigenvalue weighted by Crippen LogP contribution is 2.20. The van der Waals surface area contributed by atoms with Gasteiger partial charge in [0.1, 0.15) is 0 Å². The topological polar surface area (TPSA) is 51.2 Å². The van der Waals surface area contributed by atoms with Gasteiger partial charge >= 0.3 is 0 Å². The molecule has 1 rings (SSSR count). The van der Waals surface area contributed by atoms with Crippen LogP contribution in [-0.2, 0) is 15.6 Å². The highest BCUT2D eigenvalue weighted by Gasteiger charge is 2.16. The number of halogens is 1. The van der Waals surface area contributed by atoms with Crippen molar-refractivity contribution in [1.29, 1.82) is 0 Å². The highest BCUT2D eigenvalue weighted by molar-refractivity contribution is 9.10. The number of sulfone groups is 1. The Morgan fingerprint density at radius 3 is 2.47 bits per heavy atom. The number of rotatable bonds is 5. The molecule has 0 saturated heterocycles. The molecular formula is C12H15BrO3S. The molecular weight excluding hydrogens is 304 g/mol. The summed E-state index contributed by atoms with van der Waals surface area (Å²) in [4.78, 5) is 11.7. The lowest BCUT2D eigenvalue weighted by Gasteiger charge is -2.08. The molecule has 94 valence electrons. The number of Topliss-reactive ketones (excluding diaryl/α,β-unsaturated/α-hetero) is 1. The molecule has 0 bridgehead atoms. The minimum Gasteiger partial charge on any atom is -0.294 e. The van der Waals surface area contributed by atoms with E-state index < -0.39 is 9.84 Å². The minimum absolute atomic E-state index is 0.0289. The van der Waals surface area contributed by atoms with Gasteiger partial charge in [-0.05, 0) is 23.8 Å². The van der Waals surface area contributed by atoms with Crippen LogP contribution in [0.5, 0.6) is 0 Å². The van der Waals surface area contributed by atoms with E-state index in [1.807, 2.05) is 0 Å². The molecule has 5 heteroatoms. The third-order valence-corrected chi connectivity index (χ3v) is 4.63. The van der Waals surface area contributed by atoms with Gasteiger partial charge in [0.25, 0.3) is 0 Å². The fourth-order valence-corrected chi connectivity index (χ4v) is 2.81. The van der Waals surface area contributed by atoms with Crippen LogP contribution in [0.25, 0.3) is 0 Å². The van der Waals surface area contributed by atoms with E-state index in [0.29, 0.717) is 17.5 Å². The van der Waals surface area contributed by atoms with Gasteiger partial charge in [0, 0.05) is 22.2 Å². The maximum Gasteiger partial charge on any atom is 0.162 e. The first kappa shape index (κ1) is 14.4. The van der Waals surface area contributed by atoms with Crippen molar-refractivity contribution in [2.45, 2.75) is 26.0 Å². The fourth-order valence-electron chi connectivity index (χ4n) is 1.48. The average molecular weight is 319 g/mol. The van der Waals surface area contributed by atoms with Crippen LogP contribution >= 0.6 is 15.9 Å². The first-order valence-electron chi connectivity index (χ1n) is 5.41. The first-order chi connectivity index (χ1) is 7.89. The second kappa shape index (κ2) is 5.78. The quantitative estimate of drug-likeness (QED) is 0.784. The summed E-state index contributed by atoms with van der Waals surface area (Å²) in [6.07, 6.45) is 0.376. The Balaban J connectivity index is 3.21. The predicted octanol–water partition coefficient (Wildman–Crippen LogP) is 2.98. The van der Waals surface area contributed by atoms with Crippen LogP contribution in [0.1, 0.15) is 36.2 Å². The van der Waals surface area contributed by atoms with Crippen molar-refractivity contribution in [2.24, 2.45) is 0 Å². The molecule has 0 spiro atoms. The van der Waals surface area contributed by atoms with Crippen LogP contribution < -0.4 is 0 Å². The van der Waals surface area contributed by atoms with Gasteiger partial charge in [0.15, 0.2) is 15.6 Å². The normalized spacial score (nSPS) is 11.5. The zero-order chi connectivity index (χ0) is 13.1. The highest BCUT2D eigenvalue weighted by atomic mass is 79.9. The summed E-state index contributed by atoms with van der Waals surface area (Å²) < 4.78 is 24.0. The van der Waals surface area contributed by atoms with Crippen LogP contribution in [0.2, 0.25) is 0 Å². The lowest BCUT2D eigenvalue weighted by Crippen LogP contribution is -2.11. The lowest BCUT2D eigenvalue weighted by atomic mass is 10.0. The van der Waals surface area contributed by atoms with E-state index in [-0.39, 0.29) is 17.3 Å². The largest absolute Gasteiger partial charge is 0.294 e. The number of hydrogen-bond acceptors (Lipinski definition) is 3. The molecule has 17 heavy (non-hydrogen) atoms.